The Hall–Kier alpha value is -1.55. The molecule has 1 amide bonds. The largest absolute Gasteiger partial charge is 0.497 e. The third kappa shape index (κ3) is 3.70. The first-order valence-corrected chi connectivity index (χ1v) is 6.89. The van der Waals surface area contributed by atoms with E-state index in [1.807, 2.05) is 31.2 Å². The fraction of sp³-hybridized carbons (Fsp3) is 0.533. The normalized spacial score (nSPS) is 17.8. The Morgan fingerprint density at radius 2 is 2.05 bits per heavy atom. The molecule has 0 aromatic heterocycles. The first-order valence-electron chi connectivity index (χ1n) is 6.89. The van der Waals surface area contributed by atoms with Crippen molar-refractivity contribution >= 4 is 11.6 Å². The lowest BCUT2D eigenvalue weighted by Crippen LogP contribution is -2.44. The first-order chi connectivity index (χ1) is 9.20. The van der Waals surface area contributed by atoms with Crippen molar-refractivity contribution in [2.45, 2.75) is 32.2 Å². The second-order valence-electron chi connectivity index (χ2n) is 4.99. The molecule has 19 heavy (non-hydrogen) atoms. The zero-order valence-electron chi connectivity index (χ0n) is 11.7. The number of hydrogen-bond acceptors (Lipinski definition) is 3. The molecule has 0 bridgehead atoms. The molecule has 1 fully saturated rings. The van der Waals surface area contributed by atoms with Crippen LogP contribution in [-0.4, -0.2) is 37.0 Å². The molecule has 0 aliphatic carbocycles. The van der Waals surface area contributed by atoms with Crippen molar-refractivity contribution in [1.29, 1.82) is 0 Å². The minimum absolute atomic E-state index is 0.0511. The monoisotopic (exact) mass is 262 g/mol. The lowest BCUT2D eigenvalue weighted by molar-refractivity contribution is -0.121. The summed E-state index contributed by atoms with van der Waals surface area (Å²) in [7, 11) is 1.62. The van der Waals surface area contributed by atoms with Crippen LogP contribution in [0.15, 0.2) is 24.3 Å². The zero-order chi connectivity index (χ0) is 13.7. The summed E-state index contributed by atoms with van der Waals surface area (Å²) >= 11 is 0. The van der Waals surface area contributed by atoms with Gasteiger partial charge in [0.2, 0.25) is 5.91 Å². The van der Waals surface area contributed by atoms with Gasteiger partial charge in [-0.15, -0.1) is 0 Å². The van der Waals surface area contributed by atoms with E-state index in [1.54, 1.807) is 7.11 Å². The molecule has 0 unspecified atom stereocenters. The highest BCUT2D eigenvalue weighted by Gasteiger charge is 2.22. The number of benzene rings is 1. The van der Waals surface area contributed by atoms with Gasteiger partial charge in [-0.2, -0.15) is 0 Å². The lowest BCUT2D eigenvalue weighted by atomic mass is 10.1. The van der Waals surface area contributed by atoms with Crippen LogP contribution < -0.4 is 10.1 Å². The molecule has 0 saturated carbocycles. The van der Waals surface area contributed by atoms with Crippen LogP contribution in [-0.2, 0) is 4.79 Å². The molecule has 1 aliphatic rings. The molecular formula is C15H22N2O2. The van der Waals surface area contributed by atoms with Crippen molar-refractivity contribution in [3.8, 4) is 5.75 Å². The van der Waals surface area contributed by atoms with Gasteiger partial charge in [-0.05, 0) is 45.0 Å². The SMILES string of the molecule is COc1cccc(NC(=O)[C@@H](C)N2CCCCC2)c1. The van der Waals surface area contributed by atoms with Crippen LogP contribution in [0.3, 0.4) is 0 Å². The molecule has 1 saturated heterocycles. The topological polar surface area (TPSA) is 41.6 Å². The van der Waals surface area contributed by atoms with Gasteiger partial charge in [0.1, 0.15) is 5.75 Å². The van der Waals surface area contributed by atoms with E-state index in [2.05, 4.69) is 10.2 Å². The molecule has 0 spiro atoms. The smallest absolute Gasteiger partial charge is 0.241 e. The summed E-state index contributed by atoms with van der Waals surface area (Å²) in [5.41, 5.74) is 0.785. The van der Waals surface area contributed by atoms with E-state index in [0.29, 0.717) is 0 Å². The van der Waals surface area contributed by atoms with Crippen molar-refractivity contribution in [2.24, 2.45) is 0 Å². The van der Waals surface area contributed by atoms with Gasteiger partial charge < -0.3 is 10.1 Å². The van der Waals surface area contributed by atoms with Crippen LogP contribution in [0.4, 0.5) is 5.69 Å². The number of anilines is 1. The van der Waals surface area contributed by atoms with Gasteiger partial charge in [0.05, 0.1) is 13.2 Å². The Labute approximate surface area is 114 Å². The van der Waals surface area contributed by atoms with Gasteiger partial charge in [0.15, 0.2) is 0 Å². The lowest BCUT2D eigenvalue weighted by Gasteiger charge is -2.31. The minimum atomic E-state index is -0.0773. The van der Waals surface area contributed by atoms with E-state index >= 15 is 0 Å². The Bertz CT molecular complexity index is 428. The molecular weight excluding hydrogens is 240 g/mol. The van der Waals surface area contributed by atoms with E-state index in [9.17, 15) is 4.79 Å². The molecule has 1 aromatic carbocycles. The second-order valence-corrected chi connectivity index (χ2v) is 4.99. The standard InChI is InChI=1S/C15H22N2O2/c1-12(17-9-4-3-5-10-17)15(18)16-13-7-6-8-14(11-13)19-2/h6-8,11-12H,3-5,9-10H2,1-2H3,(H,16,18)/t12-/m1/s1. The van der Waals surface area contributed by atoms with Crippen LogP contribution in [0.5, 0.6) is 5.75 Å². The van der Waals surface area contributed by atoms with E-state index < -0.39 is 0 Å². The molecule has 4 heteroatoms. The maximum Gasteiger partial charge on any atom is 0.241 e. The fourth-order valence-corrected chi connectivity index (χ4v) is 2.42. The van der Waals surface area contributed by atoms with E-state index in [-0.39, 0.29) is 11.9 Å². The summed E-state index contributed by atoms with van der Waals surface area (Å²) in [6, 6.07) is 7.37. The van der Waals surface area contributed by atoms with Crippen LogP contribution in [0.25, 0.3) is 0 Å². The van der Waals surface area contributed by atoms with Crippen molar-refractivity contribution < 1.29 is 9.53 Å². The Kier molecular flexibility index (Phi) is 4.80. The number of hydrogen-bond donors (Lipinski definition) is 1. The highest BCUT2D eigenvalue weighted by atomic mass is 16.5. The fourth-order valence-electron chi connectivity index (χ4n) is 2.42. The Morgan fingerprint density at radius 1 is 1.32 bits per heavy atom. The summed E-state index contributed by atoms with van der Waals surface area (Å²) in [5.74, 6) is 0.804. The van der Waals surface area contributed by atoms with E-state index in [4.69, 9.17) is 4.74 Å². The van der Waals surface area contributed by atoms with Gasteiger partial charge in [-0.3, -0.25) is 9.69 Å². The number of nitrogens with zero attached hydrogens (tertiary/aromatic N) is 1. The van der Waals surface area contributed by atoms with Gasteiger partial charge in [-0.25, -0.2) is 0 Å². The molecule has 1 heterocycles. The summed E-state index contributed by atoms with van der Waals surface area (Å²) in [6.07, 6.45) is 3.66. The van der Waals surface area contributed by atoms with Crippen LogP contribution in [0.1, 0.15) is 26.2 Å². The number of carbonyl (C=O) groups excluding carboxylic acids is 1. The number of carbonyl (C=O) groups is 1. The van der Waals surface area contributed by atoms with Gasteiger partial charge in [0.25, 0.3) is 0 Å². The zero-order valence-corrected chi connectivity index (χ0v) is 11.7. The van der Waals surface area contributed by atoms with Crippen molar-refractivity contribution in [3.05, 3.63) is 24.3 Å². The summed E-state index contributed by atoms with van der Waals surface area (Å²) in [4.78, 5) is 14.5. The molecule has 0 radical (unpaired) electrons. The van der Waals surface area contributed by atoms with E-state index in [1.165, 1.54) is 19.3 Å². The maximum atomic E-state index is 12.2. The third-order valence-corrected chi connectivity index (χ3v) is 3.66. The van der Waals surface area contributed by atoms with Crippen LogP contribution in [0, 0.1) is 0 Å². The molecule has 2 rings (SSSR count). The summed E-state index contributed by atoms with van der Waals surface area (Å²) in [6.45, 7) is 4.01. The summed E-state index contributed by atoms with van der Waals surface area (Å²) < 4.78 is 5.15. The van der Waals surface area contributed by atoms with Gasteiger partial charge in [-0.1, -0.05) is 12.5 Å². The molecule has 1 atom stereocenters. The highest BCUT2D eigenvalue weighted by Crippen LogP contribution is 2.18. The van der Waals surface area contributed by atoms with Crippen molar-refractivity contribution in [2.75, 3.05) is 25.5 Å². The average Bonchev–Trinajstić information content (AvgIpc) is 2.47. The molecule has 1 N–H and O–H groups in total. The number of rotatable bonds is 4. The van der Waals surface area contributed by atoms with Crippen molar-refractivity contribution in [3.63, 3.8) is 0 Å². The molecule has 104 valence electrons. The molecule has 1 aliphatic heterocycles. The minimum Gasteiger partial charge on any atom is -0.497 e. The summed E-state index contributed by atoms with van der Waals surface area (Å²) in [5, 5.41) is 2.95. The predicted octanol–water partition coefficient (Wildman–Crippen LogP) is 2.51. The third-order valence-electron chi connectivity index (χ3n) is 3.66. The van der Waals surface area contributed by atoms with Gasteiger partial charge >= 0.3 is 0 Å². The van der Waals surface area contributed by atoms with Crippen LogP contribution >= 0.6 is 0 Å². The maximum absolute atomic E-state index is 12.2. The number of methoxy groups -OCH3 is 1. The quantitative estimate of drug-likeness (QED) is 0.906. The molecule has 4 nitrogen and oxygen atoms in total. The number of nitrogens with one attached hydrogen (secondary N) is 1. The number of ether oxygens (including phenoxy) is 1. The van der Waals surface area contributed by atoms with Crippen LogP contribution in [0.2, 0.25) is 0 Å². The average molecular weight is 262 g/mol. The highest BCUT2D eigenvalue weighted by molar-refractivity contribution is 5.94. The predicted molar refractivity (Wildman–Crippen MR) is 76.5 cm³/mol. The van der Waals surface area contributed by atoms with Crippen molar-refractivity contribution in [1.82, 2.24) is 4.90 Å². The first kappa shape index (κ1) is 13.9. The number of likely N-dealkylation sites (tertiary alicyclic amines) is 1. The Morgan fingerprint density at radius 3 is 2.74 bits per heavy atom. The second kappa shape index (κ2) is 6.57. The van der Waals surface area contributed by atoms with Gasteiger partial charge in [0, 0.05) is 11.8 Å². The number of piperidine rings is 1. The molecule has 1 aromatic rings. The Balaban J connectivity index is 1.95. The number of amides is 1. The van der Waals surface area contributed by atoms with E-state index in [0.717, 1.165) is 24.5 Å².